The fourth-order valence-corrected chi connectivity index (χ4v) is 1.29. The van der Waals surface area contributed by atoms with E-state index in [0.717, 1.165) is 6.07 Å². The highest BCUT2D eigenvalue weighted by Gasteiger charge is 2.37. The van der Waals surface area contributed by atoms with E-state index in [1.54, 1.807) is 6.07 Å². The summed E-state index contributed by atoms with van der Waals surface area (Å²) in [6.07, 6.45) is 1.62. The zero-order chi connectivity index (χ0) is 11.8. The van der Waals surface area contributed by atoms with E-state index < -0.39 is 24.0 Å². The summed E-state index contributed by atoms with van der Waals surface area (Å²) in [6, 6.07) is 2.61. The number of alkyl halides is 2. The molecule has 0 amide bonds. The number of carboxylic acids is 1. The molecule has 7 heteroatoms. The molecule has 0 aliphatic rings. The number of fused-ring (bicyclic) bond motifs is 1. The van der Waals surface area contributed by atoms with Gasteiger partial charge in [0.25, 0.3) is 0 Å². The highest BCUT2D eigenvalue weighted by Crippen LogP contribution is 2.30. The molecule has 0 aromatic carbocycles. The van der Waals surface area contributed by atoms with Crippen LogP contribution in [-0.2, 0) is 10.7 Å². The van der Waals surface area contributed by atoms with Gasteiger partial charge < -0.3 is 5.11 Å². The van der Waals surface area contributed by atoms with Crippen molar-refractivity contribution in [3.05, 3.63) is 30.2 Å². The largest absolute Gasteiger partial charge is 0.481 e. The molecule has 0 saturated carbocycles. The third-order valence-corrected chi connectivity index (χ3v) is 1.98. The van der Waals surface area contributed by atoms with E-state index in [9.17, 15) is 13.6 Å². The van der Waals surface area contributed by atoms with Gasteiger partial charge in [0.05, 0.1) is 0 Å². The lowest BCUT2D eigenvalue weighted by Crippen LogP contribution is -2.19. The van der Waals surface area contributed by atoms with Crippen LogP contribution in [0.15, 0.2) is 24.5 Å². The van der Waals surface area contributed by atoms with Gasteiger partial charge in [-0.2, -0.15) is 13.9 Å². The summed E-state index contributed by atoms with van der Waals surface area (Å²) < 4.78 is 27.9. The number of nitrogens with zero attached hydrogens (tertiary/aromatic N) is 3. The van der Waals surface area contributed by atoms with Crippen molar-refractivity contribution in [3.8, 4) is 0 Å². The summed E-state index contributed by atoms with van der Waals surface area (Å²) in [4.78, 5) is 14.1. The lowest BCUT2D eigenvalue weighted by atomic mass is 10.2. The fourth-order valence-electron chi connectivity index (χ4n) is 1.29. The monoisotopic (exact) mass is 227 g/mol. The van der Waals surface area contributed by atoms with Crippen molar-refractivity contribution in [3.63, 3.8) is 0 Å². The molecule has 84 valence electrons. The third-order valence-electron chi connectivity index (χ3n) is 1.98. The quantitative estimate of drug-likeness (QED) is 0.858. The van der Waals surface area contributed by atoms with Crippen molar-refractivity contribution in [2.75, 3.05) is 0 Å². The molecule has 0 atom stereocenters. The molecule has 16 heavy (non-hydrogen) atoms. The maximum absolute atomic E-state index is 13.4. The highest BCUT2D eigenvalue weighted by molar-refractivity contribution is 5.68. The molecular formula is C9H7F2N3O2. The maximum Gasteiger partial charge on any atom is 0.309 e. The molecule has 0 fully saturated rings. The minimum atomic E-state index is -3.49. The van der Waals surface area contributed by atoms with Crippen LogP contribution in [0.4, 0.5) is 8.78 Å². The molecule has 2 aromatic rings. The Morgan fingerprint density at radius 3 is 2.94 bits per heavy atom. The van der Waals surface area contributed by atoms with Crippen LogP contribution in [0.5, 0.6) is 0 Å². The van der Waals surface area contributed by atoms with Gasteiger partial charge >= 0.3 is 11.9 Å². The zero-order valence-electron chi connectivity index (χ0n) is 7.97. The van der Waals surface area contributed by atoms with Crippen molar-refractivity contribution >= 4 is 11.6 Å². The number of hydrogen-bond donors (Lipinski definition) is 1. The summed E-state index contributed by atoms with van der Waals surface area (Å²) >= 11 is 0. The Morgan fingerprint density at radius 2 is 2.31 bits per heavy atom. The van der Waals surface area contributed by atoms with Gasteiger partial charge in [-0.15, -0.1) is 0 Å². The maximum atomic E-state index is 13.4. The Labute approximate surface area is 88.3 Å². The SMILES string of the molecule is O=C(O)CC(F)(F)c1cc2ncccn2n1. The average molecular weight is 227 g/mol. The first-order chi connectivity index (χ1) is 7.49. The second-order valence-electron chi connectivity index (χ2n) is 3.23. The number of rotatable bonds is 3. The Bertz CT molecular complexity index is 505. The molecule has 0 bridgehead atoms. The standard InChI is InChI=1S/C9H7F2N3O2/c10-9(11,5-8(15)16)6-4-7-12-2-1-3-14(7)13-6/h1-4H,5H2,(H,15,16). The Hall–Kier alpha value is -2.05. The van der Waals surface area contributed by atoms with Gasteiger partial charge in [0, 0.05) is 18.5 Å². The summed E-state index contributed by atoms with van der Waals surface area (Å²) in [5, 5.41) is 11.9. The van der Waals surface area contributed by atoms with Gasteiger partial charge in [0.1, 0.15) is 12.1 Å². The minimum Gasteiger partial charge on any atom is -0.481 e. The lowest BCUT2D eigenvalue weighted by molar-refractivity contribution is -0.145. The molecule has 5 nitrogen and oxygen atoms in total. The predicted octanol–water partition coefficient (Wildman–Crippen LogP) is 1.30. The summed E-state index contributed by atoms with van der Waals surface area (Å²) in [6.45, 7) is 0. The van der Waals surface area contributed by atoms with E-state index in [0.29, 0.717) is 0 Å². The third kappa shape index (κ3) is 1.83. The number of hydrogen-bond acceptors (Lipinski definition) is 3. The lowest BCUT2D eigenvalue weighted by Gasteiger charge is -2.09. The molecule has 0 saturated heterocycles. The molecule has 1 N–H and O–H groups in total. The predicted molar refractivity (Wildman–Crippen MR) is 49.1 cm³/mol. The van der Waals surface area contributed by atoms with E-state index in [2.05, 4.69) is 10.1 Å². The van der Waals surface area contributed by atoms with Gasteiger partial charge in [-0.05, 0) is 6.07 Å². The van der Waals surface area contributed by atoms with E-state index in [4.69, 9.17) is 5.11 Å². The van der Waals surface area contributed by atoms with Crippen molar-refractivity contribution in [2.24, 2.45) is 0 Å². The number of halogens is 2. The normalized spacial score (nSPS) is 11.9. The topological polar surface area (TPSA) is 67.5 Å². The van der Waals surface area contributed by atoms with Gasteiger partial charge in [0.2, 0.25) is 0 Å². The summed E-state index contributed by atoms with van der Waals surface area (Å²) in [7, 11) is 0. The van der Waals surface area contributed by atoms with Crippen molar-refractivity contribution in [1.82, 2.24) is 14.6 Å². The molecule has 0 unspecified atom stereocenters. The van der Waals surface area contributed by atoms with Crippen molar-refractivity contribution in [1.29, 1.82) is 0 Å². The van der Waals surface area contributed by atoms with Crippen LogP contribution in [-0.4, -0.2) is 25.7 Å². The van der Waals surface area contributed by atoms with Crippen molar-refractivity contribution in [2.45, 2.75) is 12.3 Å². The summed E-state index contributed by atoms with van der Waals surface area (Å²) in [5.74, 6) is -5.06. The number of aliphatic carboxylic acids is 1. The van der Waals surface area contributed by atoms with Crippen LogP contribution < -0.4 is 0 Å². The van der Waals surface area contributed by atoms with Crippen LogP contribution in [0.2, 0.25) is 0 Å². The van der Waals surface area contributed by atoms with Crippen LogP contribution in [0.25, 0.3) is 5.65 Å². The van der Waals surface area contributed by atoms with Crippen LogP contribution in [0, 0.1) is 0 Å². The van der Waals surface area contributed by atoms with Crippen LogP contribution >= 0.6 is 0 Å². The van der Waals surface area contributed by atoms with Gasteiger partial charge in [0.15, 0.2) is 5.65 Å². The zero-order valence-corrected chi connectivity index (χ0v) is 7.97. The molecule has 0 aliphatic heterocycles. The van der Waals surface area contributed by atoms with Gasteiger partial charge in [-0.1, -0.05) is 0 Å². The van der Waals surface area contributed by atoms with Crippen LogP contribution in [0.3, 0.4) is 0 Å². The van der Waals surface area contributed by atoms with E-state index in [-0.39, 0.29) is 5.65 Å². The Balaban J connectivity index is 2.43. The first kappa shape index (κ1) is 10.5. The molecule has 2 aromatic heterocycles. The number of carboxylic acid groups (broad SMARTS) is 1. The fraction of sp³-hybridized carbons (Fsp3) is 0.222. The van der Waals surface area contributed by atoms with Gasteiger partial charge in [-0.25, -0.2) is 9.50 Å². The smallest absolute Gasteiger partial charge is 0.309 e. The number of carbonyl (C=O) groups is 1. The molecule has 0 spiro atoms. The molecular weight excluding hydrogens is 220 g/mol. The second kappa shape index (κ2) is 3.51. The van der Waals surface area contributed by atoms with E-state index in [1.807, 2.05) is 0 Å². The second-order valence-corrected chi connectivity index (χ2v) is 3.23. The summed E-state index contributed by atoms with van der Waals surface area (Å²) in [5.41, 5.74) is -0.337. The first-order valence-corrected chi connectivity index (χ1v) is 4.39. The van der Waals surface area contributed by atoms with E-state index in [1.165, 1.54) is 16.9 Å². The average Bonchev–Trinajstić information content (AvgIpc) is 2.59. The van der Waals surface area contributed by atoms with Gasteiger partial charge in [-0.3, -0.25) is 4.79 Å². The Morgan fingerprint density at radius 1 is 1.56 bits per heavy atom. The van der Waals surface area contributed by atoms with Crippen LogP contribution in [0.1, 0.15) is 12.1 Å². The Kier molecular flexibility index (Phi) is 2.30. The minimum absolute atomic E-state index is 0.252. The molecule has 2 rings (SSSR count). The van der Waals surface area contributed by atoms with Crippen molar-refractivity contribution < 1.29 is 18.7 Å². The first-order valence-electron chi connectivity index (χ1n) is 4.39. The highest BCUT2D eigenvalue weighted by atomic mass is 19.3. The number of aromatic nitrogens is 3. The van der Waals surface area contributed by atoms with E-state index >= 15 is 0 Å². The molecule has 2 heterocycles. The molecule has 0 aliphatic carbocycles. The molecule has 0 radical (unpaired) electrons.